The van der Waals surface area contributed by atoms with Gasteiger partial charge in [0.1, 0.15) is 0 Å². The zero-order valence-corrected chi connectivity index (χ0v) is 14.5. The molecule has 128 valence electrons. The Bertz CT molecular complexity index is 985. The van der Waals surface area contributed by atoms with E-state index in [0.29, 0.717) is 0 Å². The molecule has 0 aliphatic rings. The largest absolute Gasteiger partial charge is 0.338 e. The maximum Gasteiger partial charge on any atom is 0.160 e. The maximum absolute atomic E-state index is 4.51. The molecule has 2 aromatic carbocycles. The molecule has 0 spiro atoms. The molecule has 0 bridgehead atoms. The molecule has 0 radical (unpaired) electrons. The lowest BCUT2D eigenvalue weighted by molar-refractivity contribution is 0.785. The van der Waals surface area contributed by atoms with Crippen LogP contribution >= 0.6 is 0 Å². The van der Waals surface area contributed by atoms with Gasteiger partial charge in [-0.15, -0.1) is 5.10 Å². The van der Waals surface area contributed by atoms with Crippen molar-refractivity contribution >= 4 is 22.3 Å². The van der Waals surface area contributed by atoms with Gasteiger partial charge in [-0.3, -0.25) is 4.98 Å². The predicted octanol–water partition coefficient (Wildman–Crippen LogP) is 4.94. The summed E-state index contributed by atoms with van der Waals surface area (Å²) >= 11 is 0. The maximum atomic E-state index is 4.51. The van der Waals surface area contributed by atoms with Crippen molar-refractivity contribution in [2.45, 2.75) is 19.3 Å². The Labute approximate surface area is 152 Å². The Hall–Kier alpha value is -3.27. The summed E-state index contributed by atoms with van der Waals surface area (Å²) in [6.07, 6.45) is 6.65. The van der Waals surface area contributed by atoms with Crippen LogP contribution < -0.4 is 5.32 Å². The summed E-state index contributed by atoms with van der Waals surface area (Å²) in [6, 6.07) is 22.5. The smallest absolute Gasteiger partial charge is 0.160 e. The number of rotatable bonds is 6. The van der Waals surface area contributed by atoms with E-state index in [9.17, 15) is 0 Å². The van der Waals surface area contributed by atoms with E-state index in [1.54, 1.807) is 6.20 Å². The van der Waals surface area contributed by atoms with Crippen LogP contribution in [0.3, 0.4) is 0 Å². The molecular weight excluding hydrogens is 320 g/mol. The second-order valence-electron chi connectivity index (χ2n) is 6.25. The Balaban J connectivity index is 1.56. The standard InChI is InChI=1S/C22H20N4/c1-2-10-18(11-3-1)24-22-20-13-5-4-12-19(20)21(25-26-22)14-6-8-17-9-7-15-23-16-17/h1-5,7,9-13,15-16H,6,8,14H2,(H,24,26). The quantitative estimate of drug-likeness (QED) is 0.540. The van der Waals surface area contributed by atoms with E-state index in [-0.39, 0.29) is 0 Å². The van der Waals surface area contributed by atoms with Gasteiger partial charge in [0.25, 0.3) is 0 Å². The molecule has 26 heavy (non-hydrogen) atoms. The molecule has 0 atom stereocenters. The van der Waals surface area contributed by atoms with E-state index in [4.69, 9.17) is 0 Å². The first-order valence-corrected chi connectivity index (χ1v) is 8.85. The van der Waals surface area contributed by atoms with E-state index in [1.165, 1.54) is 5.56 Å². The minimum Gasteiger partial charge on any atom is -0.338 e. The monoisotopic (exact) mass is 340 g/mol. The van der Waals surface area contributed by atoms with Gasteiger partial charge in [0.2, 0.25) is 0 Å². The van der Waals surface area contributed by atoms with Crippen LogP contribution in [-0.2, 0) is 12.8 Å². The molecular formula is C22H20N4. The van der Waals surface area contributed by atoms with Crippen LogP contribution in [0.25, 0.3) is 10.8 Å². The molecule has 0 saturated carbocycles. The molecule has 0 aliphatic carbocycles. The van der Waals surface area contributed by atoms with Crippen LogP contribution in [0.5, 0.6) is 0 Å². The zero-order chi connectivity index (χ0) is 17.6. The second-order valence-corrected chi connectivity index (χ2v) is 6.25. The highest BCUT2D eigenvalue weighted by Crippen LogP contribution is 2.26. The fourth-order valence-electron chi connectivity index (χ4n) is 3.10. The van der Waals surface area contributed by atoms with E-state index in [0.717, 1.165) is 47.2 Å². The Kier molecular flexibility index (Phi) is 4.83. The van der Waals surface area contributed by atoms with Crippen LogP contribution in [0.1, 0.15) is 17.7 Å². The van der Waals surface area contributed by atoms with Crippen LogP contribution in [0.2, 0.25) is 0 Å². The molecule has 4 rings (SSSR count). The van der Waals surface area contributed by atoms with Crippen molar-refractivity contribution in [2.24, 2.45) is 0 Å². The van der Waals surface area contributed by atoms with Gasteiger partial charge >= 0.3 is 0 Å². The Morgan fingerprint density at radius 3 is 2.35 bits per heavy atom. The first-order chi connectivity index (χ1) is 12.9. The average molecular weight is 340 g/mol. The van der Waals surface area contributed by atoms with E-state index in [1.807, 2.05) is 48.7 Å². The first kappa shape index (κ1) is 16.2. The SMILES string of the molecule is c1ccc(Nc2nnc(CCCc3cccnc3)c3ccccc23)cc1. The molecule has 0 unspecified atom stereocenters. The lowest BCUT2D eigenvalue weighted by atomic mass is 10.0. The summed E-state index contributed by atoms with van der Waals surface area (Å²) in [6.45, 7) is 0. The summed E-state index contributed by atoms with van der Waals surface area (Å²) in [4.78, 5) is 4.18. The molecule has 0 amide bonds. The van der Waals surface area contributed by atoms with Crippen LogP contribution in [-0.4, -0.2) is 15.2 Å². The molecule has 4 aromatic rings. The van der Waals surface area contributed by atoms with Crippen molar-refractivity contribution in [3.05, 3.63) is 90.4 Å². The predicted molar refractivity (Wildman–Crippen MR) is 106 cm³/mol. The Morgan fingerprint density at radius 1 is 0.731 bits per heavy atom. The number of fused-ring (bicyclic) bond motifs is 1. The molecule has 1 N–H and O–H groups in total. The third-order valence-corrected chi connectivity index (χ3v) is 4.40. The minimum atomic E-state index is 0.794. The molecule has 0 fully saturated rings. The summed E-state index contributed by atoms with van der Waals surface area (Å²) < 4.78 is 0. The number of anilines is 2. The number of pyridine rings is 1. The minimum absolute atomic E-state index is 0.794. The number of hydrogen-bond donors (Lipinski definition) is 1. The highest BCUT2D eigenvalue weighted by Gasteiger charge is 2.09. The highest BCUT2D eigenvalue weighted by molar-refractivity contribution is 5.94. The molecule has 0 saturated heterocycles. The number of benzene rings is 2. The van der Waals surface area contributed by atoms with Gasteiger partial charge in [-0.1, -0.05) is 48.5 Å². The Morgan fingerprint density at radius 2 is 1.54 bits per heavy atom. The van der Waals surface area contributed by atoms with Crippen molar-refractivity contribution in [3.63, 3.8) is 0 Å². The first-order valence-electron chi connectivity index (χ1n) is 8.85. The van der Waals surface area contributed by atoms with Crippen molar-refractivity contribution in [2.75, 3.05) is 5.32 Å². The topological polar surface area (TPSA) is 50.7 Å². The number of hydrogen-bond acceptors (Lipinski definition) is 4. The van der Waals surface area contributed by atoms with Crippen LogP contribution in [0, 0.1) is 0 Å². The van der Waals surface area contributed by atoms with Gasteiger partial charge in [0.15, 0.2) is 5.82 Å². The van der Waals surface area contributed by atoms with Crippen LogP contribution in [0.15, 0.2) is 79.1 Å². The van der Waals surface area contributed by atoms with Crippen molar-refractivity contribution in [1.29, 1.82) is 0 Å². The number of nitrogens with one attached hydrogen (secondary N) is 1. The molecule has 4 heteroatoms. The number of aromatic nitrogens is 3. The van der Waals surface area contributed by atoms with Gasteiger partial charge < -0.3 is 5.32 Å². The molecule has 2 heterocycles. The normalized spacial score (nSPS) is 10.8. The van der Waals surface area contributed by atoms with Crippen molar-refractivity contribution in [1.82, 2.24) is 15.2 Å². The summed E-state index contributed by atoms with van der Waals surface area (Å²) in [7, 11) is 0. The average Bonchev–Trinajstić information content (AvgIpc) is 2.71. The molecule has 4 nitrogen and oxygen atoms in total. The third-order valence-electron chi connectivity index (χ3n) is 4.40. The van der Waals surface area contributed by atoms with Crippen molar-refractivity contribution in [3.8, 4) is 0 Å². The third kappa shape index (κ3) is 3.70. The summed E-state index contributed by atoms with van der Waals surface area (Å²) in [5.41, 5.74) is 3.31. The highest BCUT2D eigenvalue weighted by atomic mass is 15.2. The van der Waals surface area contributed by atoms with Gasteiger partial charge in [0, 0.05) is 28.9 Å². The second kappa shape index (κ2) is 7.74. The van der Waals surface area contributed by atoms with Crippen LogP contribution in [0.4, 0.5) is 11.5 Å². The summed E-state index contributed by atoms with van der Waals surface area (Å²) in [5, 5.41) is 14.6. The van der Waals surface area contributed by atoms with Gasteiger partial charge in [0.05, 0.1) is 5.69 Å². The zero-order valence-electron chi connectivity index (χ0n) is 14.5. The molecule has 0 aliphatic heterocycles. The van der Waals surface area contributed by atoms with E-state index < -0.39 is 0 Å². The molecule has 2 aromatic heterocycles. The van der Waals surface area contributed by atoms with Gasteiger partial charge in [-0.05, 0) is 43.0 Å². The lowest BCUT2D eigenvalue weighted by Crippen LogP contribution is -2.02. The van der Waals surface area contributed by atoms with Gasteiger partial charge in [-0.25, -0.2) is 0 Å². The lowest BCUT2D eigenvalue weighted by Gasteiger charge is -2.11. The number of para-hydroxylation sites is 1. The van der Waals surface area contributed by atoms with E-state index in [2.05, 4.69) is 44.8 Å². The fraction of sp³-hybridized carbons (Fsp3) is 0.136. The number of aryl methyl sites for hydroxylation is 2. The van der Waals surface area contributed by atoms with Crippen molar-refractivity contribution < 1.29 is 0 Å². The fourth-order valence-corrected chi connectivity index (χ4v) is 3.10. The number of nitrogens with zero attached hydrogens (tertiary/aromatic N) is 3. The summed E-state index contributed by atoms with van der Waals surface area (Å²) in [5.74, 6) is 0.794. The van der Waals surface area contributed by atoms with E-state index >= 15 is 0 Å². The van der Waals surface area contributed by atoms with Gasteiger partial charge in [-0.2, -0.15) is 5.10 Å².